The highest BCUT2D eigenvalue weighted by molar-refractivity contribution is 5.73. The van der Waals surface area contributed by atoms with Crippen molar-refractivity contribution in [2.24, 2.45) is 5.73 Å². The lowest BCUT2D eigenvalue weighted by Gasteiger charge is -2.08. The predicted octanol–water partition coefficient (Wildman–Crippen LogP) is 3.37. The molecule has 1 aromatic rings. The van der Waals surface area contributed by atoms with Crippen LogP contribution in [0.1, 0.15) is 31.0 Å². The third-order valence-corrected chi connectivity index (χ3v) is 2.08. The number of benzene rings is 1. The van der Waals surface area contributed by atoms with E-state index in [1.165, 1.54) is 11.1 Å². The van der Waals surface area contributed by atoms with Gasteiger partial charge in [-0.15, -0.1) is 0 Å². The number of carbonyl (C=O) groups is 1. The van der Waals surface area contributed by atoms with E-state index in [-0.39, 0.29) is 6.04 Å². The maximum Gasteiger partial charge on any atom is 0.490 e. The number of carboxylic acids is 1. The summed E-state index contributed by atoms with van der Waals surface area (Å²) in [6.07, 6.45) is -0.972. The molecule has 3 nitrogen and oxygen atoms in total. The molecule has 106 valence electrons. The zero-order valence-corrected chi connectivity index (χ0v) is 10.6. The molecule has 0 fully saturated rings. The van der Waals surface area contributed by atoms with Crippen LogP contribution in [-0.4, -0.2) is 17.3 Å². The van der Waals surface area contributed by atoms with E-state index in [0.29, 0.717) is 0 Å². The fraction of sp³-hybridized carbons (Fsp3) is 0.308. The molecule has 0 aliphatic rings. The second-order valence-corrected chi connectivity index (χ2v) is 3.72. The largest absolute Gasteiger partial charge is 0.490 e. The summed E-state index contributed by atoms with van der Waals surface area (Å²) in [5.74, 6) is -2.76. The van der Waals surface area contributed by atoms with Gasteiger partial charge in [-0.2, -0.15) is 13.2 Å². The predicted molar refractivity (Wildman–Crippen MR) is 67.4 cm³/mol. The minimum atomic E-state index is -5.08. The van der Waals surface area contributed by atoms with Gasteiger partial charge in [0.25, 0.3) is 0 Å². The van der Waals surface area contributed by atoms with Gasteiger partial charge in [0.2, 0.25) is 0 Å². The molecule has 0 amide bonds. The molecule has 0 aliphatic heterocycles. The smallest absolute Gasteiger partial charge is 0.475 e. The first kappa shape index (κ1) is 17.2. The van der Waals surface area contributed by atoms with Gasteiger partial charge in [-0.1, -0.05) is 36.4 Å². The maximum atomic E-state index is 10.6. The molecule has 0 saturated heterocycles. The summed E-state index contributed by atoms with van der Waals surface area (Å²) < 4.78 is 31.7. The van der Waals surface area contributed by atoms with E-state index in [9.17, 15) is 13.2 Å². The summed E-state index contributed by atoms with van der Waals surface area (Å²) in [6, 6.07) is 8.31. The summed E-state index contributed by atoms with van der Waals surface area (Å²) in [5, 5.41) is 7.12. The van der Waals surface area contributed by atoms with Gasteiger partial charge in [0, 0.05) is 6.04 Å². The molecule has 1 aromatic carbocycles. The molecular formula is C13H16F3NO2. The van der Waals surface area contributed by atoms with Crippen molar-refractivity contribution in [2.45, 2.75) is 26.1 Å². The molecule has 0 heterocycles. The number of aliphatic carboxylic acids is 1. The van der Waals surface area contributed by atoms with Crippen molar-refractivity contribution < 1.29 is 23.1 Å². The van der Waals surface area contributed by atoms with Gasteiger partial charge in [-0.05, 0) is 25.0 Å². The van der Waals surface area contributed by atoms with Gasteiger partial charge in [-0.3, -0.25) is 0 Å². The minimum absolute atomic E-state index is 0.109. The third-order valence-electron chi connectivity index (χ3n) is 2.08. The quantitative estimate of drug-likeness (QED) is 0.869. The lowest BCUT2D eigenvalue weighted by molar-refractivity contribution is -0.192. The minimum Gasteiger partial charge on any atom is -0.475 e. The third kappa shape index (κ3) is 6.61. The second-order valence-electron chi connectivity index (χ2n) is 3.72. The van der Waals surface area contributed by atoms with E-state index in [4.69, 9.17) is 15.6 Å². The molecule has 3 N–H and O–H groups in total. The normalized spacial score (nSPS) is 12.7. The number of hydrogen-bond donors (Lipinski definition) is 2. The first-order valence-electron chi connectivity index (χ1n) is 5.47. The Morgan fingerprint density at radius 1 is 1.37 bits per heavy atom. The molecule has 0 bridgehead atoms. The van der Waals surface area contributed by atoms with Gasteiger partial charge >= 0.3 is 12.1 Å². The molecule has 0 unspecified atom stereocenters. The summed E-state index contributed by atoms with van der Waals surface area (Å²) in [5.41, 5.74) is 8.23. The van der Waals surface area contributed by atoms with Crippen molar-refractivity contribution in [1.29, 1.82) is 0 Å². The number of rotatable bonds is 2. The summed E-state index contributed by atoms with van der Waals surface area (Å²) >= 11 is 0. The van der Waals surface area contributed by atoms with Crippen LogP contribution < -0.4 is 5.73 Å². The summed E-state index contributed by atoms with van der Waals surface area (Å²) in [7, 11) is 0. The lowest BCUT2D eigenvalue weighted by Crippen LogP contribution is -2.21. The first-order chi connectivity index (χ1) is 8.70. The Bertz CT molecular complexity index is 440. The van der Waals surface area contributed by atoms with Crippen LogP contribution in [0.2, 0.25) is 0 Å². The van der Waals surface area contributed by atoms with Crippen LogP contribution in [0.25, 0.3) is 6.08 Å². The Hall–Kier alpha value is -1.82. The molecular weight excluding hydrogens is 259 g/mol. The summed E-state index contributed by atoms with van der Waals surface area (Å²) in [4.78, 5) is 8.90. The number of halogens is 3. The Morgan fingerprint density at radius 2 is 1.84 bits per heavy atom. The van der Waals surface area contributed by atoms with Gasteiger partial charge in [-0.25, -0.2) is 4.79 Å². The molecule has 0 aliphatic carbocycles. The van der Waals surface area contributed by atoms with Crippen molar-refractivity contribution in [3.8, 4) is 0 Å². The van der Waals surface area contributed by atoms with E-state index in [1.807, 2.05) is 32.1 Å². The molecule has 0 radical (unpaired) electrons. The van der Waals surface area contributed by atoms with E-state index in [2.05, 4.69) is 18.2 Å². The van der Waals surface area contributed by atoms with Crippen LogP contribution in [0.4, 0.5) is 13.2 Å². The van der Waals surface area contributed by atoms with E-state index in [1.54, 1.807) is 0 Å². The standard InChI is InChI=1S/C11H15N.C2HF3O2/c1-3-6-10-7-4-5-8-11(10)9(2)12;3-2(4,5)1(6)7/h3-9H,12H2,1-2H3;(H,6,7)/b6-3+;/t9-;/m0./s1. The molecule has 1 rings (SSSR count). The number of alkyl halides is 3. The van der Waals surface area contributed by atoms with E-state index >= 15 is 0 Å². The van der Waals surface area contributed by atoms with Gasteiger partial charge in [0.05, 0.1) is 0 Å². The zero-order chi connectivity index (χ0) is 15.1. The SMILES string of the molecule is C/C=C/c1ccccc1[C@H](C)N.O=C(O)C(F)(F)F. The van der Waals surface area contributed by atoms with Crippen molar-refractivity contribution in [3.63, 3.8) is 0 Å². The number of allylic oxidation sites excluding steroid dienone is 1. The highest BCUT2D eigenvalue weighted by atomic mass is 19.4. The highest BCUT2D eigenvalue weighted by Crippen LogP contribution is 2.16. The monoisotopic (exact) mass is 275 g/mol. The van der Waals surface area contributed by atoms with Crippen molar-refractivity contribution in [2.75, 3.05) is 0 Å². The van der Waals surface area contributed by atoms with E-state index < -0.39 is 12.1 Å². The van der Waals surface area contributed by atoms with Gasteiger partial charge < -0.3 is 10.8 Å². The van der Waals surface area contributed by atoms with Crippen molar-refractivity contribution in [3.05, 3.63) is 41.5 Å². The first-order valence-corrected chi connectivity index (χ1v) is 5.47. The van der Waals surface area contributed by atoms with Gasteiger partial charge in [0.15, 0.2) is 0 Å². The zero-order valence-electron chi connectivity index (χ0n) is 10.6. The van der Waals surface area contributed by atoms with Crippen LogP contribution in [-0.2, 0) is 4.79 Å². The molecule has 0 aromatic heterocycles. The average molecular weight is 275 g/mol. The topological polar surface area (TPSA) is 63.3 Å². The Balaban J connectivity index is 0.000000399. The number of hydrogen-bond acceptors (Lipinski definition) is 2. The lowest BCUT2D eigenvalue weighted by atomic mass is 10.0. The fourth-order valence-corrected chi connectivity index (χ4v) is 1.26. The van der Waals surface area contributed by atoms with Crippen LogP contribution in [0, 0.1) is 0 Å². The second kappa shape index (κ2) is 7.58. The number of carboxylic acid groups (broad SMARTS) is 1. The molecule has 6 heteroatoms. The number of nitrogens with two attached hydrogens (primary N) is 1. The fourth-order valence-electron chi connectivity index (χ4n) is 1.26. The van der Waals surface area contributed by atoms with Crippen LogP contribution in [0.5, 0.6) is 0 Å². The van der Waals surface area contributed by atoms with Crippen LogP contribution >= 0.6 is 0 Å². The highest BCUT2D eigenvalue weighted by Gasteiger charge is 2.38. The molecule has 1 atom stereocenters. The summed E-state index contributed by atoms with van der Waals surface area (Å²) in [6.45, 7) is 4.01. The van der Waals surface area contributed by atoms with Crippen LogP contribution in [0.3, 0.4) is 0 Å². The van der Waals surface area contributed by atoms with Crippen LogP contribution in [0.15, 0.2) is 30.3 Å². The Morgan fingerprint density at radius 3 is 2.21 bits per heavy atom. The molecule has 0 spiro atoms. The molecule has 19 heavy (non-hydrogen) atoms. The Labute approximate surface area is 109 Å². The van der Waals surface area contributed by atoms with Gasteiger partial charge in [0.1, 0.15) is 0 Å². The average Bonchev–Trinajstić information content (AvgIpc) is 2.29. The van der Waals surface area contributed by atoms with Crippen molar-refractivity contribution >= 4 is 12.0 Å². The molecule has 0 saturated carbocycles. The Kier molecular flexibility index (Phi) is 6.85. The van der Waals surface area contributed by atoms with Crippen molar-refractivity contribution in [1.82, 2.24) is 0 Å². The van der Waals surface area contributed by atoms with E-state index in [0.717, 1.165) is 0 Å². The maximum absolute atomic E-state index is 10.6.